The zero-order valence-corrected chi connectivity index (χ0v) is 26.5. The van der Waals surface area contributed by atoms with Gasteiger partial charge in [-0.25, -0.2) is 4.79 Å². The molecule has 0 spiro atoms. The number of hydrogen-bond acceptors (Lipinski definition) is 4. The maximum absolute atomic E-state index is 12.7. The Balaban J connectivity index is 1.21. The van der Waals surface area contributed by atoms with Crippen LogP contribution >= 0.6 is 0 Å². The molecule has 1 aromatic rings. The van der Waals surface area contributed by atoms with E-state index < -0.39 is 0 Å². The fourth-order valence-corrected chi connectivity index (χ4v) is 9.92. The second-order valence-electron chi connectivity index (χ2n) is 14.9. The molecule has 1 aromatic carbocycles. The first-order valence-corrected chi connectivity index (χ1v) is 16.5. The van der Waals surface area contributed by atoms with E-state index in [9.17, 15) is 9.90 Å². The molecular weight excluding hydrogens is 508 g/mol. The topological polar surface area (TPSA) is 55.8 Å². The molecule has 41 heavy (non-hydrogen) atoms. The van der Waals surface area contributed by atoms with Crippen LogP contribution in [0.2, 0.25) is 0 Å². The molecule has 4 aliphatic rings. The number of fused-ring (bicyclic) bond motifs is 5. The summed E-state index contributed by atoms with van der Waals surface area (Å²) in [6.07, 6.45) is 19.7. The Hall–Kier alpha value is -2.23. The van der Waals surface area contributed by atoms with Gasteiger partial charge < -0.3 is 14.6 Å². The molecule has 0 saturated heterocycles. The van der Waals surface area contributed by atoms with Gasteiger partial charge in [0.1, 0.15) is 6.10 Å². The Morgan fingerprint density at radius 1 is 1.07 bits per heavy atom. The van der Waals surface area contributed by atoms with Gasteiger partial charge in [-0.15, -0.1) is 0 Å². The van der Waals surface area contributed by atoms with Gasteiger partial charge in [0, 0.05) is 12.5 Å². The second-order valence-corrected chi connectivity index (χ2v) is 14.9. The van der Waals surface area contributed by atoms with Crippen molar-refractivity contribution >= 4 is 12.0 Å². The van der Waals surface area contributed by atoms with E-state index in [4.69, 9.17) is 9.47 Å². The average molecular weight is 563 g/mol. The van der Waals surface area contributed by atoms with E-state index in [0.717, 1.165) is 60.3 Å². The van der Waals surface area contributed by atoms with Gasteiger partial charge in [0.25, 0.3) is 0 Å². The van der Waals surface area contributed by atoms with Gasteiger partial charge in [0.15, 0.2) is 11.5 Å². The van der Waals surface area contributed by atoms with E-state index in [1.165, 1.54) is 64.6 Å². The summed E-state index contributed by atoms with van der Waals surface area (Å²) in [6.45, 7) is 12.5. The lowest BCUT2D eigenvalue weighted by Gasteiger charge is -2.58. The van der Waals surface area contributed by atoms with Crippen LogP contribution < -0.4 is 4.74 Å². The number of methoxy groups -OCH3 is 1. The summed E-state index contributed by atoms with van der Waals surface area (Å²) in [5.74, 6) is 5.20. The number of esters is 1. The fourth-order valence-electron chi connectivity index (χ4n) is 9.92. The van der Waals surface area contributed by atoms with Gasteiger partial charge in [0.05, 0.1) is 7.11 Å². The Morgan fingerprint density at radius 2 is 1.88 bits per heavy atom. The summed E-state index contributed by atoms with van der Waals surface area (Å²) >= 11 is 0. The van der Waals surface area contributed by atoms with E-state index in [2.05, 4.69) is 40.7 Å². The second kappa shape index (κ2) is 12.2. The van der Waals surface area contributed by atoms with Crippen LogP contribution in [0.4, 0.5) is 0 Å². The SMILES string of the molecule is COc1cc(/C=C/C(=O)O[C@H]2CC[C@@]3(C)C(=CC[C@H]4[C@@H]5CC[C@H]([C@H](C)CCCC(C)C)[C@@]5(C)CC[C@@H]43)C2)ccc1O. The van der Waals surface area contributed by atoms with Crippen LogP contribution in [0.25, 0.3) is 6.08 Å². The number of rotatable bonds is 9. The molecule has 4 nitrogen and oxygen atoms in total. The molecule has 1 N–H and O–H groups in total. The molecule has 4 heteroatoms. The molecule has 0 aromatic heterocycles. The standard InChI is InChI=1S/C37H54O4/c1-24(2)8-7-9-25(3)30-14-15-31-29-13-12-27-23-28(18-20-36(27,4)32(29)19-21-37(30,31)5)41-35(39)17-11-26-10-16-33(38)34(22-26)40-6/h10-12,16-17,22,24-25,28-32,38H,7-9,13-15,18-21,23H2,1-6H3/b17-11+/t25-,28+,29+,30-,31+,32+,36+,37-/m1/s1. The summed E-state index contributed by atoms with van der Waals surface area (Å²) in [5, 5.41) is 9.80. The highest BCUT2D eigenvalue weighted by molar-refractivity contribution is 5.87. The third kappa shape index (κ3) is 6.00. The maximum atomic E-state index is 12.7. The molecule has 0 unspecified atom stereocenters. The first kappa shape index (κ1) is 30.2. The third-order valence-corrected chi connectivity index (χ3v) is 12.2. The number of carbonyl (C=O) groups excluding carboxylic acids is 1. The van der Waals surface area contributed by atoms with Crippen LogP contribution in [-0.2, 0) is 9.53 Å². The summed E-state index contributed by atoms with van der Waals surface area (Å²) < 4.78 is 11.1. The van der Waals surface area contributed by atoms with Crippen LogP contribution in [0.3, 0.4) is 0 Å². The Morgan fingerprint density at radius 3 is 2.63 bits per heavy atom. The van der Waals surface area contributed by atoms with Crippen LogP contribution in [0.1, 0.15) is 111 Å². The van der Waals surface area contributed by atoms with E-state index >= 15 is 0 Å². The van der Waals surface area contributed by atoms with Crippen molar-refractivity contribution in [1.82, 2.24) is 0 Å². The van der Waals surface area contributed by atoms with Crippen LogP contribution in [0.5, 0.6) is 11.5 Å². The summed E-state index contributed by atoms with van der Waals surface area (Å²) in [6, 6.07) is 5.04. The molecule has 0 heterocycles. The molecule has 0 bridgehead atoms. The van der Waals surface area contributed by atoms with Crippen molar-refractivity contribution in [1.29, 1.82) is 0 Å². The smallest absolute Gasteiger partial charge is 0.331 e. The average Bonchev–Trinajstić information content (AvgIpc) is 3.30. The fraction of sp³-hybridized carbons (Fsp3) is 0.703. The van der Waals surface area contributed by atoms with Crippen molar-refractivity contribution in [3.63, 3.8) is 0 Å². The first-order chi connectivity index (χ1) is 19.5. The lowest BCUT2D eigenvalue weighted by molar-refractivity contribution is -0.145. The van der Waals surface area contributed by atoms with Gasteiger partial charge in [-0.1, -0.05) is 71.6 Å². The zero-order valence-electron chi connectivity index (χ0n) is 26.5. The van der Waals surface area contributed by atoms with Gasteiger partial charge in [-0.05, 0) is 115 Å². The van der Waals surface area contributed by atoms with Crippen molar-refractivity contribution in [2.75, 3.05) is 7.11 Å². The van der Waals surface area contributed by atoms with Crippen LogP contribution in [0, 0.1) is 46.3 Å². The predicted molar refractivity (Wildman–Crippen MR) is 167 cm³/mol. The number of aromatic hydroxyl groups is 1. The number of carbonyl (C=O) groups is 1. The molecule has 3 fully saturated rings. The number of ether oxygens (including phenoxy) is 2. The van der Waals surface area contributed by atoms with Gasteiger partial charge in [-0.3, -0.25) is 0 Å². The highest BCUT2D eigenvalue weighted by atomic mass is 16.5. The number of hydrogen-bond donors (Lipinski definition) is 1. The summed E-state index contributed by atoms with van der Waals surface area (Å²) in [5.41, 5.74) is 3.11. The van der Waals surface area contributed by atoms with Crippen molar-refractivity contribution < 1.29 is 19.4 Å². The van der Waals surface area contributed by atoms with E-state index in [1.54, 1.807) is 29.8 Å². The van der Waals surface area contributed by atoms with Gasteiger partial charge in [0.2, 0.25) is 0 Å². The van der Waals surface area contributed by atoms with Crippen molar-refractivity contribution in [2.24, 2.45) is 46.3 Å². The Labute approximate surface area is 249 Å². The molecular formula is C37H54O4. The van der Waals surface area contributed by atoms with Crippen molar-refractivity contribution in [3.8, 4) is 11.5 Å². The molecule has 3 saturated carbocycles. The van der Waals surface area contributed by atoms with Crippen molar-refractivity contribution in [2.45, 2.75) is 111 Å². The molecule has 0 amide bonds. The van der Waals surface area contributed by atoms with E-state index in [0.29, 0.717) is 11.2 Å². The number of benzene rings is 1. The molecule has 226 valence electrons. The first-order valence-electron chi connectivity index (χ1n) is 16.5. The normalized spacial score (nSPS) is 35.4. The predicted octanol–water partition coefficient (Wildman–Crippen LogP) is 9.37. The quantitative estimate of drug-likeness (QED) is 0.185. The Bertz CT molecular complexity index is 1150. The van der Waals surface area contributed by atoms with Crippen molar-refractivity contribution in [3.05, 3.63) is 41.5 Å². The van der Waals surface area contributed by atoms with E-state index in [1.807, 2.05) is 0 Å². The number of phenols is 1. The molecule has 4 aliphatic carbocycles. The highest BCUT2D eigenvalue weighted by Gasteiger charge is 2.59. The minimum absolute atomic E-state index is 0.0474. The van der Waals surface area contributed by atoms with Gasteiger partial charge in [-0.2, -0.15) is 0 Å². The van der Waals surface area contributed by atoms with Crippen LogP contribution in [-0.4, -0.2) is 24.3 Å². The summed E-state index contributed by atoms with van der Waals surface area (Å²) in [4.78, 5) is 12.7. The Kier molecular flexibility index (Phi) is 8.98. The molecule has 5 rings (SSSR count). The number of phenolic OH excluding ortho intramolecular Hbond substituents is 1. The highest BCUT2D eigenvalue weighted by Crippen LogP contribution is 2.67. The lowest BCUT2D eigenvalue weighted by Crippen LogP contribution is -2.51. The minimum Gasteiger partial charge on any atom is -0.504 e. The number of allylic oxidation sites excluding steroid dienone is 1. The monoisotopic (exact) mass is 562 g/mol. The molecule has 0 aliphatic heterocycles. The van der Waals surface area contributed by atoms with Gasteiger partial charge >= 0.3 is 5.97 Å². The lowest BCUT2D eigenvalue weighted by atomic mass is 9.47. The zero-order chi connectivity index (χ0) is 29.4. The largest absolute Gasteiger partial charge is 0.504 e. The molecule has 8 atom stereocenters. The third-order valence-electron chi connectivity index (χ3n) is 12.2. The maximum Gasteiger partial charge on any atom is 0.331 e. The van der Waals surface area contributed by atoms with Crippen LogP contribution in [0.15, 0.2) is 35.9 Å². The molecule has 0 radical (unpaired) electrons. The van der Waals surface area contributed by atoms with E-state index in [-0.39, 0.29) is 23.2 Å². The summed E-state index contributed by atoms with van der Waals surface area (Å²) in [7, 11) is 1.52. The minimum atomic E-state index is -0.298.